The fraction of sp³-hybridized carbons (Fsp3) is 0.647. The van der Waals surface area contributed by atoms with Crippen LogP contribution in [0.5, 0.6) is 0 Å². The number of aryl methyl sites for hydroxylation is 2. The molecule has 0 spiro atoms. The monoisotopic (exact) mass is 311 g/mol. The van der Waals surface area contributed by atoms with Gasteiger partial charge in [-0.15, -0.1) is 0 Å². The van der Waals surface area contributed by atoms with Gasteiger partial charge in [-0.25, -0.2) is 8.42 Å². The fourth-order valence-corrected chi connectivity index (χ4v) is 3.33. The van der Waals surface area contributed by atoms with Gasteiger partial charge in [0, 0.05) is 6.26 Å². The fourth-order valence-electron chi connectivity index (χ4n) is 2.68. The molecule has 0 aliphatic heterocycles. The van der Waals surface area contributed by atoms with E-state index in [1.807, 2.05) is 6.92 Å². The van der Waals surface area contributed by atoms with E-state index in [0.717, 1.165) is 24.9 Å². The number of hydrogen-bond acceptors (Lipinski definition) is 3. The zero-order valence-corrected chi connectivity index (χ0v) is 15.0. The Morgan fingerprint density at radius 3 is 2.10 bits per heavy atom. The molecule has 1 rings (SSSR count). The van der Waals surface area contributed by atoms with E-state index in [0.29, 0.717) is 0 Å². The largest absolute Gasteiger partial charge is 0.309 e. The Hall–Kier alpha value is -0.870. The van der Waals surface area contributed by atoms with Gasteiger partial charge in [0.25, 0.3) is 0 Å². The Kier molecular flexibility index (Phi) is 6.00. The van der Waals surface area contributed by atoms with Crippen molar-refractivity contribution in [2.75, 3.05) is 12.8 Å². The lowest BCUT2D eigenvalue weighted by Gasteiger charge is -2.34. The molecule has 1 N–H and O–H groups in total. The summed E-state index contributed by atoms with van der Waals surface area (Å²) in [5.74, 6) is 0. The number of nitrogens with one attached hydrogen (secondary N) is 1. The molecular weight excluding hydrogens is 282 g/mol. The van der Waals surface area contributed by atoms with E-state index in [4.69, 9.17) is 0 Å². The first-order valence-corrected chi connectivity index (χ1v) is 9.62. The van der Waals surface area contributed by atoms with Crippen LogP contribution in [0.4, 0.5) is 0 Å². The molecule has 0 saturated heterocycles. The predicted octanol–water partition coefficient (Wildman–Crippen LogP) is 3.29. The molecule has 1 unspecified atom stereocenters. The summed E-state index contributed by atoms with van der Waals surface area (Å²) in [5, 5.41) is 3.36. The second kappa shape index (κ2) is 6.93. The Morgan fingerprint density at radius 2 is 1.67 bits per heavy atom. The smallest absolute Gasteiger partial charge is 0.154 e. The van der Waals surface area contributed by atoms with Crippen molar-refractivity contribution in [2.24, 2.45) is 0 Å². The van der Waals surface area contributed by atoms with E-state index < -0.39 is 14.6 Å². The summed E-state index contributed by atoms with van der Waals surface area (Å²) in [6.45, 7) is 10.6. The number of benzene rings is 1. The zero-order chi connectivity index (χ0) is 16.3. The van der Waals surface area contributed by atoms with Crippen LogP contribution in [-0.2, 0) is 22.7 Å². The minimum atomic E-state index is -3.17. The van der Waals surface area contributed by atoms with E-state index in [-0.39, 0.29) is 6.04 Å². The average Bonchev–Trinajstić information content (AvgIpc) is 2.42. The maximum atomic E-state index is 12.2. The van der Waals surface area contributed by atoms with Gasteiger partial charge in [-0.05, 0) is 49.9 Å². The molecule has 0 fully saturated rings. The van der Waals surface area contributed by atoms with Crippen LogP contribution in [0.2, 0.25) is 0 Å². The highest BCUT2D eigenvalue weighted by atomic mass is 32.2. The van der Waals surface area contributed by atoms with Crippen LogP contribution in [0.3, 0.4) is 0 Å². The highest BCUT2D eigenvalue weighted by molar-refractivity contribution is 7.92. The quantitative estimate of drug-likeness (QED) is 0.840. The Bertz CT molecular complexity index is 576. The lowest BCUT2D eigenvalue weighted by atomic mass is 9.91. The molecule has 0 aliphatic rings. The molecule has 0 heterocycles. The minimum Gasteiger partial charge on any atom is -0.309 e. The third kappa shape index (κ3) is 3.86. The number of rotatable bonds is 7. The third-order valence-electron chi connectivity index (χ3n) is 4.38. The molecule has 0 saturated carbocycles. The minimum absolute atomic E-state index is 0.200. The first kappa shape index (κ1) is 18.2. The molecule has 0 amide bonds. The van der Waals surface area contributed by atoms with Crippen LogP contribution in [-0.4, -0.2) is 26.0 Å². The van der Waals surface area contributed by atoms with E-state index in [2.05, 4.69) is 37.4 Å². The van der Waals surface area contributed by atoms with Crippen molar-refractivity contribution < 1.29 is 8.42 Å². The number of sulfone groups is 1. The van der Waals surface area contributed by atoms with Crippen LogP contribution in [0.1, 0.15) is 57.4 Å². The van der Waals surface area contributed by atoms with Crippen LogP contribution in [0.15, 0.2) is 18.2 Å². The maximum Gasteiger partial charge on any atom is 0.154 e. The summed E-state index contributed by atoms with van der Waals surface area (Å²) in [6, 6.07) is 6.17. The van der Waals surface area contributed by atoms with Gasteiger partial charge in [-0.2, -0.15) is 0 Å². The summed E-state index contributed by atoms with van der Waals surface area (Å²) < 4.78 is 23.5. The standard InChI is InChI=1S/C17H29NO2S/c1-7-13-10-11-15(12-14(13)8-2)16(18-9-3)17(4,5)21(6,19)20/h10-12,16,18H,7-9H2,1-6H3. The highest BCUT2D eigenvalue weighted by Crippen LogP contribution is 2.33. The highest BCUT2D eigenvalue weighted by Gasteiger charge is 2.39. The van der Waals surface area contributed by atoms with Crippen molar-refractivity contribution >= 4 is 9.84 Å². The van der Waals surface area contributed by atoms with Gasteiger partial charge in [0.15, 0.2) is 9.84 Å². The molecule has 1 aromatic rings. The van der Waals surface area contributed by atoms with Gasteiger partial charge < -0.3 is 5.32 Å². The molecule has 0 aliphatic carbocycles. The van der Waals surface area contributed by atoms with E-state index >= 15 is 0 Å². The molecule has 4 heteroatoms. The third-order valence-corrected chi connectivity index (χ3v) is 6.53. The second-order valence-corrected chi connectivity index (χ2v) is 8.70. The average molecular weight is 311 g/mol. The van der Waals surface area contributed by atoms with Crippen molar-refractivity contribution in [3.63, 3.8) is 0 Å². The molecule has 0 bridgehead atoms. The van der Waals surface area contributed by atoms with Crippen molar-refractivity contribution in [1.29, 1.82) is 0 Å². The van der Waals surface area contributed by atoms with E-state index in [9.17, 15) is 8.42 Å². The van der Waals surface area contributed by atoms with Gasteiger partial charge >= 0.3 is 0 Å². The normalized spacial score (nSPS) is 14.2. The second-order valence-electron chi connectivity index (χ2n) is 6.10. The van der Waals surface area contributed by atoms with E-state index in [1.165, 1.54) is 17.4 Å². The van der Waals surface area contributed by atoms with Gasteiger partial charge in [-0.3, -0.25) is 0 Å². The summed E-state index contributed by atoms with van der Waals surface area (Å²) in [6.07, 6.45) is 3.29. The molecule has 1 atom stereocenters. The lowest BCUT2D eigenvalue weighted by molar-refractivity contribution is 0.428. The number of hydrogen-bond donors (Lipinski definition) is 1. The lowest BCUT2D eigenvalue weighted by Crippen LogP contribution is -2.45. The summed E-state index contributed by atoms with van der Waals surface area (Å²) in [7, 11) is -3.17. The van der Waals surface area contributed by atoms with Crippen LogP contribution < -0.4 is 5.32 Å². The van der Waals surface area contributed by atoms with Crippen molar-refractivity contribution in [3.8, 4) is 0 Å². The predicted molar refractivity (Wildman–Crippen MR) is 90.5 cm³/mol. The first-order chi connectivity index (χ1) is 9.68. The first-order valence-electron chi connectivity index (χ1n) is 7.73. The van der Waals surface area contributed by atoms with Gasteiger partial charge in [0.2, 0.25) is 0 Å². The topological polar surface area (TPSA) is 46.2 Å². The SMILES string of the molecule is CCNC(c1ccc(CC)c(CC)c1)C(C)(C)S(C)(=O)=O. The van der Waals surface area contributed by atoms with Crippen LogP contribution >= 0.6 is 0 Å². The van der Waals surface area contributed by atoms with Crippen LogP contribution in [0.25, 0.3) is 0 Å². The molecule has 120 valence electrons. The van der Waals surface area contributed by atoms with Gasteiger partial charge in [0.05, 0.1) is 10.8 Å². The molecule has 21 heavy (non-hydrogen) atoms. The van der Waals surface area contributed by atoms with Crippen molar-refractivity contribution in [3.05, 3.63) is 34.9 Å². The maximum absolute atomic E-state index is 12.2. The molecule has 0 radical (unpaired) electrons. The Balaban J connectivity index is 3.36. The molecule has 3 nitrogen and oxygen atoms in total. The van der Waals surface area contributed by atoms with Crippen molar-refractivity contribution in [1.82, 2.24) is 5.32 Å². The van der Waals surface area contributed by atoms with Crippen molar-refractivity contribution in [2.45, 2.75) is 58.2 Å². The zero-order valence-electron chi connectivity index (χ0n) is 14.2. The molecular formula is C17H29NO2S. The molecule has 0 aromatic heterocycles. The summed E-state index contributed by atoms with van der Waals surface area (Å²) in [4.78, 5) is 0. The van der Waals surface area contributed by atoms with E-state index in [1.54, 1.807) is 13.8 Å². The van der Waals surface area contributed by atoms with Gasteiger partial charge in [0.1, 0.15) is 0 Å². The summed E-state index contributed by atoms with van der Waals surface area (Å²) >= 11 is 0. The Morgan fingerprint density at radius 1 is 1.10 bits per heavy atom. The summed E-state index contributed by atoms with van der Waals surface area (Å²) in [5.41, 5.74) is 3.71. The molecule has 1 aromatic carbocycles. The Labute approximate surface area is 130 Å². The van der Waals surface area contributed by atoms with Gasteiger partial charge in [-0.1, -0.05) is 39.0 Å². The van der Waals surface area contributed by atoms with Crippen LogP contribution in [0, 0.1) is 0 Å².